The number of hydrogen-bond acceptors (Lipinski definition) is 3. The number of halogens is 1. The molecule has 2 N–H and O–H groups in total. The van der Waals surface area contributed by atoms with Gasteiger partial charge in [-0.25, -0.2) is 0 Å². The summed E-state index contributed by atoms with van der Waals surface area (Å²) in [6.07, 6.45) is 10.7. The van der Waals surface area contributed by atoms with E-state index >= 15 is 0 Å². The van der Waals surface area contributed by atoms with Gasteiger partial charge in [-0.2, -0.15) is 0 Å². The molecule has 2 saturated carbocycles. The minimum Gasteiger partial charge on any atom is -0.469 e. The number of nitrogens with one attached hydrogen (secondary N) is 2. The maximum Gasteiger partial charge on any atom is 0.191 e. The quantitative estimate of drug-likeness (QED) is 0.389. The number of hydrogen-bond donors (Lipinski definition) is 2. The van der Waals surface area contributed by atoms with E-state index < -0.39 is 0 Å². The minimum absolute atomic E-state index is 0. The first kappa shape index (κ1) is 19.0. The molecule has 1 aromatic heterocycles. The summed E-state index contributed by atoms with van der Waals surface area (Å²) in [5.74, 6) is 3.75. The summed E-state index contributed by atoms with van der Waals surface area (Å²) in [7, 11) is 0. The Morgan fingerprint density at radius 1 is 1.24 bits per heavy atom. The van der Waals surface area contributed by atoms with Crippen molar-refractivity contribution in [2.45, 2.75) is 57.1 Å². The maximum absolute atomic E-state index is 5.71. The van der Waals surface area contributed by atoms with Crippen molar-refractivity contribution in [1.29, 1.82) is 0 Å². The van der Waals surface area contributed by atoms with Crippen LogP contribution in [0.4, 0.5) is 0 Å². The molecule has 4 atom stereocenters. The Morgan fingerprint density at radius 3 is 2.88 bits per heavy atom. The van der Waals surface area contributed by atoms with Crippen molar-refractivity contribution in [3.05, 3.63) is 24.2 Å². The van der Waals surface area contributed by atoms with Gasteiger partial charge in [-0.15, -0.1) is 24.0 Å². The Balaban J connectivity index is 0.00000182. The van der Waals surface area contributed by atoms with Crippen LogP contribution >= 0.6 is 24.0 Å². The minimum atomic E-state index is 0. The standard InChI is InChI=1S/C19H29N3O2.HI/c1-3-16(23-9-1)7-8-20-19(21-13-17-4-2-10-24-17)22-18-12-14-5-6-15(18)11-14;/h1,3,9,14-15,17-18H,2,4-8,10-13H2,(H2,20,21,22);1H. The largest absolute Gasteiger partial charge is 0.469 e. The lowest BCUT2D eigenvalue weighted by atomic mass is 9.95. The summed E-state index contributed by atoms with van der Waals surface area (Å²) >= 11 is 0. The van der Waals surface area contributed by atoms with Gasteiger partial charge < -0.3 is 19.8 Å². The van der Waals surface area contributed by atoms with Crippen LogP contribution in [0, 0.1) is 11.8 Å². The molecule has 1 aromatic rings. The van der Waals surface area contributed by atoms with Crippen LogP contribution in [0.3, 0.4) is 0 Å². The van der Waals surface area contributed by atoms with Crippen molar-refractivity contribution in [3.8, 4) is 0 Å². The monoisotopic (exact) mass is 459 g/mol. The van der Waals surface area contributed by atoms with E-state index in [0.717, 1.165) is 56.1 Å². The van der Waals surface area contributed by atoms with Crippen molar-refractivity contribution >= 4 is 29.9 Å². The van der Waals surface area contributed by atoms with E-state index in [1.165, 1.54) is 32.1 Å². The molecule has 6 heteroatoms. The Kier molecular flexibility index (Phi) is 7.04. The van der Waals surface area contributed by atoms with Crippen LogP contribution in [-0.2, 0) is 11.2 Å². The van der Waals surface area contributed by atoms with Crippen LogP contribution in [0.25, 0.3) is 0 Å². The second-order valence-electron chi connectivity index (χ2n) is 7.51. The molecule has 140 valence electrons. The summed E-state index contributed by atoms with van der Waals surface area (Å²) in [4.78, 5) is 4.81. The topological polar surface area (TPSA) is 58.8 Å². The van der Waals surface area contributed by atoms with Gasteiger partial charge in [-0.1, -0.05) is 6.42 Å². The highest BCUT2D eigenvalue weighted by molar-refractivity contribution is 14.0. The van der Waals surface area contributed by atoms with Gasteiger partial charge >= 0.3 is 0 Å². The van der Waals surface area contributed by atoms with Gasteiger partial charge in [0.1, 0.15) is 5.76 Å². The van der Waals surface area contributed by atoms with Gasteiger partial charge in [-0.3, -0.25) is 4.99 Å². The molecular formula is C19H30IN3O2. The molecular weight excluding hydrogens is 429 g/mol. The molecule has 3 aliphatic rings. The number of furan rings is 1. The fourth-order valence-electron chi connectivity index (χ4n) is 4.49. The number of rotatable bonds is 6. The molecule has 0 amide bonds. The summed E-state index contributed by atoms with van der Waals surface area (Å²) in [5, 5.41) is 7.20. The highest BCUT2D eigenvalue weighted by Crippen LogP contribution is 2.44. The van der Waals surface area contributed by atoms with Crippen LogP contribution in [0.1, 0.15) is 44.3 Å². The lowest BCUT2D eigenvalue weighted by Gasteiger charge is -2.25. The van der Waals surface area contributed by atoms with Crippen molar-refractivity contribution in [1.82, 2.24) is 10.6 Å². The third-order valence-corrected chi connectivity index (χ3v) is 5.78. The lowest BCUT2D eigenvalue weighted by molar-refractivity contribution is 0.117. The second kappa shape index (κ2) is 9.26. The fraction of sp³-hybridized carbons (Fsp3) is 0.737. The molecule has 5 nitrogen and oxygen atoms in total. The van der Waals surface area contributed by atoms with E-state index in [0.29, 0.717) is 12.1 Å². The average Bonchev–Trinajstić information content (AvgIpc) is 3.36. The molecule has 4 rings (SSSR count). The van der Waals surface area contributed by atoms with E-state index in [1.54, 1.807) is 6.26 Å². The van der Waals surface area contributed by atoms with Gasteiger partial charge in [0.2, 0.25) is 0 Å². The Hall–Kier alpha value is -0.760. The van der Waals surface area contributed by atoms with Crippen LogP contribution < -0.4 is 10.6 Å². The van der Waals surface area contributed by atoms with Crippen molar-refractivity contribution in [2.24, 2.45) is 16.8 Å². The second-order valence-corrected chi connectivity index (χ2v) is 7.51. The third-order valence-electron chi connectivity index (χ3n) is 5.78. The fourth-order valence-corrected chi connectivity index (χ4v) is 4.49. The SMILES string of the molecule is I.c1coc(CCNC(=NCC2CCCO2)NC2CC3CCC2C3)c1. The zero-order valence-electron chi connectivity index (χ0n) is 14.8. The summed E-state index contributed by atoms with van der Waals surface area (Å²) < 4.78 is 11.1. The molecule has 1 saturated heterocycles. The molecule has 0 spiro atoms. The molecule has 0 radical (unpaired) electrons. The highest BCUT2D eigenvalue weighted by atomic mass is 127. The molecule has 2 heterocycles. The lowest BCUT2D eigenvalue weighted by Crippen LogP contribution is -2.46. The first-order valence-corrected chi connectivity index (χ1v) is 9.55. The summed E-state index contributed by atoms with van der Waals surface area (Å²) in [6, 6.07) is 4.56. The van der Waals surface area contributed by atoms with Gasteiger partial charge in [0.05, 0.1) is 18.9 Å². The summed E-state index contributed by atoms with van der Waals surface area (Å²) in [6.45, 7) is 2.49. The Morgan fingerprint density at radius 2 is 2.20 bits per heavy atom. The van der Waals surface area contributed by atoms with E-state index in [2.05, 4.69) is 10.6 Å². The van der Waals surface area contributed by atoms with Gasteiger partial charge in [-0.05, 0) is 56.1 Å². The summed E-state index contributed by atoms with van der Waals surface area (Å²) in [5.41, 5.74) is 0. The van der Waals surface area contributed by atoms with E-state index in [-0.39, 0.29) is 24.0 Å². The molecule has 0 aromatic carbocycles. The molecule has 2 bridgehead atoms. The van der Waals surface area contributed by atoms with Gasteiger partial charge in [0.15, 0.2) is 5.96 Å². The van der Waals surface area contributed by atoms with Gasteiger partial charge in [0.25, 0.3) is 0 Å². The van der Waals surface area contributed by atoms with Crippen LogP contribution in [0.5, 0.6) is 0 Å². The predicted molar refractivity (Wildman–Crippen MR) is 109 cm³/mol. The van der Waals surface area contributed by atoms with E-state index in [1.807, 2.05) is 12.1 Å². The van der Waals surface area contributed by atoms with Crippen LogP contribution in [0.15, 0.2) is 27.8 Å². The smallest absolute Gasteiger partial charge is 0.191 e. The number of aliphatic imine (C=N–C) groups is 1. The molecule has 3 fully saturated rings. The highest BCUT2D eigenvalue weighted by Gasteiger charge is 2.39. The zero-order chi connectivity index (χ0) is 16.2. The number of ether oxygens (including phenoxy) is 1. The first-order chi connectivity index (χ1) is 11.9. The van der Waals surface area contributed by atoms with Crippen LogP contribution in [0.2, 0.25) is 0 Å². The van der Waals surface area contributed by atoms with Gasteiger partial charge in [0, 0.05) is 25.6 Å². The Labute approximate surface area is 167 Å². The van der Waals surface area contributed by atoms with Crippen molar-refractivity contribution in [3.63, 3.8) is 0 Å². The molecule has 2 aliphatic carbocycles. The number of nitrogens with zero attached hydrogens (tertiary/aromatic N) is 1. The molecule has 1 aliphatic heterocycles. The van der Waals surface area contributed by atoms with Crippen LogP contribution in [-0.4, -0.2) is 37.8 Å². The number of fused-ring (bicyclic) bond motifs is 2. The maximum atomic E-state index is 5.71. The predicted octanol–water partition coefficient (Wildman–Crippen LogP) is 3.34. The van der Waals surface area contributed by atoms with E-state index in [9.17, 15) is 0 Å². The van der Waals surface area contributed by atoms with Crippen molar-refractivity contribution < 1.29 is 9.15 Å². The first-order valence-electron chi connectivity index (χ1n) is 9.55. The van der Waals surface area contributed by atoms with Crippen molar-refractivity contribution in [2.75, 3.05) is 19.7 Å². The Bertz CT molecular complexity index is 543. The normalized spacial score (nSPS) is 31.1. The number of guanidine groups is 1. The average molecular weight is 459 g/mol. The van der Waals surface area contributed by atoms with E-state index in [4.69, 9.17) is 14.1 Å². The molecule has 25 heavy (non-hydrogen) atoms. The third kappa shape index (κ3) is 5.12. The molecule has 4 unspecified atom stereocenters. The zero-order valence-corrected chi connectivity index (χ0v) is 17.1.